The van der Waals surface area contributed by atoms with E-state index in [0.717, 1.165) is 27.5 Å². The molecule has 3 aromatic rings. The van der Waals surface area contributed by atoms with E-state index in [1.165, 1.54) is 0 Å². The van der Waals surface area contributed by atoms with Gasteiger partial charge in [-0.15, -0.1) is 0 Å². The molecule has 5 nitrogen and oxygen atoms in total. The van der Waals surface area contributed by atoms with E-state index in [1.807, 2.05) is 38.2 Å². The van der Waals surface area contributed by atoms with Crippen molar-refractivity contribution in [2.75, 3.05) is 11.9 Å². The van der Waals surface area contributed by atoms with E-state index in [2.05, 4.69) is 26.7 Å². The molecule has 0 aliphatic rings. The number of rotatable bonds is 3. The van der Waals surface area contributed by atoms with Gasteiger partial charge in [-0.2, -0.15) is 0 Å². The van der Waals surface area contributed by atoms with Crippen molar-refractivity contribution in [1.29, 1.82) is 0 Å². The number of halogens is 1. The van der Waals surface area contributed by atoms with Crippen molar-refractivity contribution in [3.8, 4) is 11.1 Å². The maximum Gasteiger partial charge on any atom is 0.320 e. The Balaban J connectivity index is 2.03. The van der Waals surface area contributed by atoms with Crippen molar-refractivity contribution in [3.63, 3.8) is 0 Å². The topological polar surface area (TPSA) is 66.9 Å². The number of carbonyl (C=O) groups excluding carboxylic acids is 1. The zero-order valence-electron chi connectivity index (χ0n) is 13.4. The molecule has 122 valence electrons. The van der Waals surface area contributed by atoms with Crippen LogP contribution in [0, 0.1) is 6.92 Å². The highest BCUT2D eigenvalue weighted by atomic mass is 35.5. The van der Waals surface area contributed by atoms with Crippen LogP contribution in [0.15, 0.2) is 42.9 Å². The minimum Gasteiger partial charge on any atom is -0.338 e. The van der Waals surface area contributed by atoms with E-state index >= 15 is 0 Å². The van der Waals surface area contributed by atoms with Gasteiger partial charge in [0.05, 0.1) is 5.02 Å². The van der Waals surface area contributed by atoms with Gasteiger partial charge in [0.25, 0.3) is 0 Å². The van der Waals surface area contributed by atoms with Crippen LogP contribution in [-0.4, -0.2) is 22.5 Å². The van der Waals surface area contributed by atoms with Crippen LogP contribution in [0.1, 0.15) is 12.5 Å². The summed E-state index contributed by atoms with van der Waals surface area (Å²) in [5.41, 5.74) is 3.05. The van der Waals surface area contributed by atoms with Crippen molar-refractivity contribution in [3.05, 3.63) is 53.4 Å². The highest BCUT2D eigenvalue weighted by molar-refractivity contribution is 6.36. The number of aryl methyl sites for hydroxylation is 1. The first-order valence-electron chi connectivity index (χ1n) is 7.63. The highest BCUT2D eigenvalue weighted by Crippen LogP contribution is 2.31. The SMILES string of the molecule is CCNC(=O)Nc1cc2cc(-c3cncc(C)c3)cc(Cl)c2cn1. The van der Waals surface area contributed by atoms with Crippen LogP contribution >= 0.6 is 11.6 Å². The molecule has 0 atom stereocenters. The molecule has 0 aliphatic heterocycles. The second-order valence-electron chi connectivity index (χ2n) is 5.48. The van der Waals surface area contributed by atoms with Crippen molar-refractivity contribution in [1.82, 2.24) is 15.3 Å². The fraction of sp³-hybridized carbons (Fsp3) is 0.167. The number of urea groups is 1. The van der Waals surface area contributed by atoms with Gasteiger partial charge in [-0.1, -0.05) is 11.6 Å². The summed E-state index contributed by atoms with van der Waals surface area (Å²) in [6.45, 7) is 4.41. The maximum absolute atomic E-state index is 11.6. The number of pyridine rings is 2. The van der Waals surface area contributed by atoms with Crippen LogP contribution in [0.4, 0.5) is 10.6 Å². The Morgan fingerprint density at radius 2 is 1.96 bits per heavy atom. The van der Waals surface area contributed by atoms with Crippen LogP contribution in [-0.2, 0) is 0 Å². The van der Waals surface area contributed by atoms with Crippen LogP contribution in [0.25, 0.3) is 21.9 Å². The summed E-state index contributed by atoms with van der Waals surface area (Å²) >= 11 is 6.40. The smallest absolute Gasteiger partial charge is 0.320 e. The largest absolute Gasteiger partial charge is 0.338 e. The number of carbonyl (C=O) groups is 1. The molecule has 0 radical (unpaired) electrons. The number of hydrogen-bond acceptors (Lipinski definition) is 3. The molecule has 0 fully saturated rings. The Hall–Kier alpha value is -2.66. The van der Waals surface area contributed by atoms with Gasteiger partial charge in [-0.25, -0.2) is 9.78 Å². The second-order valence-corrected chi connectivity index (χ2v) is 5.89. The molecule has 3 rings (SSSR count). The first-order chi connectivity index (χ1) is 11.6. The average molecular weight is 341 g/mol. The zero-order chi connectivity index (χ0) is 17.1. The number of benzene rings is 1. The number of amides is 2. The van der Waals surface area contributed by atoms with E-state index in [9.17, 15) is 4.79 Å². The Morgan fingerprint density at radius 3 is 2.71 bits per heavy atom. The molecular weight excluding hydrogens is 324 g/mol. The fourth-order valence-electron chi connectivity index (χ4n) is 2.48. The highest BCUT2D eigenvalue weighted by Gasteiger charge is 2.08. The van der Waals surface area contributed by atoms with Gasteiger partial charge < -0.3 is 5.32 Å². The standard InChI is InChI=1S/C18H17ClN4O/c1-3-21-18(24)23-17-7-13-5-12(6-16(19)15(13)10-22-17)14-4-11(2)8-20-9-14/h4-10H,3H2,1-2H3,(H2,21,22,23,24). The number of anilines is 1. The number of fused-ring (bicyclic) bond motifs is 1. The lowest BCUT2D eigenvalue weighted by Gasteiger charge is -2.09. The van der Waals surface area contributed by atoms with Gasteiger partial charge >= 0.3 is 6.03 Å². The molecule has 0 aliphatic carbocycles. The summed E-state index contributed by atoms with van der Waals surface area (Å²) < 4.78 is 0. The number of nitrogens with one attached hydrogen (secondary N) is 2. The molecule has 2 aromatic heterocycles. The van der Waals surface area contributed by atoms with Crippen molar-refractivity contribution < 1.29 is 4.79 Å². The molecule has 2 N–H and O–H groups in total. The third-order valence-corrected chi connectivity index (χ3v) is 3.89. The summed E-state index contributed by atoms with van der Waals surface area (Å²) in [5.74, 6) is 0.476. The van der Waals surface area contributed by atoms with Gasteiger partial charge in [0.2, 0.25) is 0 Å². The molecule has 6 heteroatoms. The van der Waals surface area contributed by atoms with Crippen molar-refractivity contribution in [2.45, 2.75) is 13.8 Å². The molecule has 0 saturated carbocycles. The van der Waals surface area contributed by atoms with Crippen LogP contribution in [0.5, 0.6) is 0 Å². The fourth-order valence-corrected chi connectivity index (χ4v) is 2.76. The minimum absolute atomic E-state index is 0.283. The molecule has 1 aromatic carbocycles. The number of aromatic nitrogens is 2. The number of nitrogens with zero attached hydrogens (tertiary/aromatic N) is 2. The van der Waals surface area contributed by atoms with Crippen LogP contribution in [0.3, 0.4) is 0 Å². The van der Waals surface area contributed by atoms with Crippen LogP contribution < -0.4 is 10.6 Å². The van der Waals surface area contributed by atoms with E-state index in [0.29, 0.717) is 17.4 Å². The van der Waals surface area contributed by atoms with Gasteiger partial charge in [0, 0.05) is 36.1 Å². The summed E-state index contributed by atoms with van der Waals surface area (Å²) in [5, 5.41) is 7.73. The average Bonchev–Trinajstić information content (AvgIpc) is 2.54. The molecule has 2 heterocycles. The third kappa shape index (κ3) is 3.46. The molecular formula is C18H17ClN4O. The first-order valence-corrected chi connectivity index (χ1v) is 8.01. The van der Waals surface area contributed by atoms with Gasteiger partial charge in [0.15, 0.2) is 0 Å². The Morgan fingerprint density at radius 1 is 1.12 bits per heavy atom. The van der Waals surface area contributed by atoms with Crippen molar-refractivity contribution >= 4 is 34.2 Å². The molecule has 2 amide bonds. The second kappa shape index (κ2) is 6.84. The molecule has 24 heavy (non-hydrogen) atoms. The van der Waals surface area contributed by atoms with Gasteiger partial charge in [-0.3, -0.25) is 10.3 Å². The van der Waals surface area contributed by atoms with Gasteiger partial charge in [0.1, 0.15) is 5.82 Å². The molecule has 0 spiro atoms. The normalized spacial score (nSPS) is 10.6. The van der Waals surface area contributed by atoms with E-state index < -0.39 is 0 Å². The van der Waals surface area contributed by atoms with E-state index in [4.69, 9.17) is 11.6 Å². The lowest BCUT2D eigenvalue weighted by molar-refractivity contribution is 0.252. The monoisotopic (exact) mass is 340 g/mol. The summed E-state index contributed by atoms with van der Waals surface area (Å²) in [7, 11) is 0. The predicted molar refractivity (Wildman–Crippen MR) is 97.4 cm³/mol. The lowest BCUT2D eigenvalue weighted by Crippen LogP contribution is -2.28. The summed E-state index contributed by atoms with van der Waals surface area (Å²) in [6, 6.07) is 7.50. The lowest BCUT2D eigenvalue weighted by atomic mass is 10.0. The molecule has 0 saturated heterocycles. The number of hydrogen-bond donors (Lipinski definition) is 2. The Kier molecular flexibility index (Phi) is 4.62. The maximum atomic E-state index is 11.6. The molecule has 0 unspecified atom stereocenters. The third-order valence-electron chi connectivity index (χ3n) is 3.57. The van der Waals surface area contributed by atoms with Gasteiger partial charge in [-0.05, 0) is 54.6 Å². The van der Waals surface area contributed by atoms with E-state index in [1.54, 1.807) is 12.4 Å². The zero-order valence-corrected chi connectivity index (χ0v) is 14.2. The summed E-state index contributed by atoms with van der Waals surface area (Å²) in [4.78, 5) is 20.1. The Labute approximate surface area is 145 Å². The molecule has 0 bridgehead atoms. The minimum atomic E-state index is -0.283. The van der Waals surface area contributed by atoms with E-state index in [-0.39, 0.29) is 6.03 Å². The Bertz CT molecular complexity index is 911. The quantitative estimate of drug-likeness (QED) is 0.742. The predicted octanol–water partition coefficient (Wildman–Crippen LogP) is 4.40. The van der Waals surface area contributed by atoms with Crippen molar-refractivity contribution in [2.24, 2.45) is 0 Å². The first kappa shape index (κ1) is 16.2. The van der Waals surface area contributed by atoms with Crippen LogP contribution in [0.2, 0.25) is 5.02 Å². The summed E-state index contributed by atoms with van der Waals surface area (Å²) in [6.07, 6.45) is 5.28.